The van der Waals surface area contributed by atoms with Crippen LogP contribution in [0.15, 0.2) is 60.7 Å². The number of hydrogen-bond acceptors (Lipinski definition) is 8. The Kier molecular flexibility index (Phi) is 17.5. The Hall–Kier alpha value is -3.45. The van der Waals surface area contributed by atoms with E-state index in [-0.39, 0.29) is 71.4 Å². The van der Waals surface area contributed by atoms with Gasteiger partial charge in [-0.05, 0) is 62.6 Å². The summed E-state index contributed by atoms with van der Waals surface area (Å²) in [5.41, 5.74) is 2.51. The molecule has 304 valence electrons. The van der Waals surface area contributed by atoms with Crippen molar-refractivity contribution in [3.8, 4) is 0 Å². The second kappa shape index (κ2) is 21.7. The summed E-state index contributed by atoms with van der Waals surface area (Å²) in [5, 5.41) is 5.93. The minimum Gasteiger partial charge on any atom is -0.381 e. The van der Waals surface area contributed by atoms with Crippen molar-refractivity contribution in [2.24, 2.45) is 11.8 Å². The molecule has 12 heteroatoms. The van der Waals surface area contributed by atoms with Gasteiger partial charge in [0.25, 0.3) is 0 Å². The molecule has 2 saturated heterocycles. The molecule has 2 aliphatic rings. The number of piperazine rings is 1. The number of nitrogens with zero attached hydrogens (tertiary/aromatic N) is 4. The van der Waals surface area contributed by atoms with Gasteiger partial charge in [0.1, 0.15) is 6.04 Å². The van der Waals surface area contributed by atoms with E-state index in [0.717, 1.165) is 25.9 Å². The zero-order chi connectivity index (χ0) is 40.1. The molecule has 0 radical (unpaired) electrons. The molecule has 0 aromatic heterocycles. The maximum Gasteiger partial charge on any atom is 0.242 e. The Bertz CT molecular complexity index is 1460. The average molecular weight is 779 g/mol. The molecule has 0 bridgehead atoms. The minimum atomic E-state index is -0.669. The lowest BCUT2D eigenvalue weighted by molar-refractivity contribution is -0.137. The Morgan fingerprint density at radius 1 is 0.818 bits per heavy atom. The molecule has 55 heavy (non-hydrogen) atoms. The number of rotatable bonds is 19. The first-order chi connectivity index (χ1) is 26.4. The molecule has 5 atom stereocenters. The monoisotopic (exact) mass is 778 g/mol. The molecule has 2 heterocycles. The van der Waals surface area contributed by atoms with Crippen LogP contribution in [0.4, 0.5) is 0 Å². The fourth-order valence-electron chi connectivity index (χ4n) is 8.27. The second-order valence-electron chi connectivity index (χ2n) is 15.9. The summed E-state index contributed by atoms with van der Waals surface area (Å²) < 4.78 is 5.72. The van der Waals surface area contributed by atoms with Gasteiger partial charge >= 0.3 is 0 Å². The lowest BCUT2D eigenvalue weighted by Crippen LogP contribution is -2.55. The lowest BCUT2D eigenvalue weighted by atomic mass is 9.96. The van der Waals surface area contributed by atoms with Gasteiger partial charge in [-0.3, -0.25) is 29.0 Å². The molecule has 2 fully saturated rings. The van der Waals surface area contributed by atoms with E-state index in [1.54, 1.807) is 18.9 Å². The SMILES string of the molecule is COC(CCNC(=O)C(NC(=O)C(C(C)C)N(C)C)C(C)C)CC(=O)N1CCCC1C(CC(=O)N1CCN(C(c2ccccc2)c2ccccc2)CC1)SC. The topological polar surface area (TPSA) is 115 Å². The standard InChI is InChI=1S/C43H66N6O5S/c1-30(2)39(45-43(53)40(31(3)4)46(5)6)42(52)44-22-21-34(54-7)28-38(51)49-23-15-20-35(49)36(55-8)29-37(50)47-24-26-48(27-25-47)41(32-16-11-9-12-17-32)33-18-13-10-14-19-33/h9-14,16-19,30-31,34-36,39-41H,15,20-29H2,1-8H3,(H,44,52)(H,45,53). The third-order valence-electron chi connectivity index (χ3n) is 11.2. The molecule has 4 rings (SSSR count). The number of nitrogens with one attached hydrogen (secondary N) is 2. The normalized spacial score (nSPS) is 18.8. The van der Waals surface area contributed by atoms with E-state index in [0.29, 0.717) is 39.0 Å². The predicted octanol–water partition coefficient (Wildman–Crippen LogP) is 4.67. The van der Waals surface area contributed by atoms with Crippen LogP contribution in [0, 0.1) is 11.8 Å². The number of likely N-dealkylation sites (tertiary alicyclic amines) is 1. The van der Waals surface area contributed by atoms with Gasteiger partial charge in [-0.1, -0.05) is 88.4 Å². The van der Waals surface area contributed by atoms with E-state index in [1.165, 1.54) is 11.1 Å². The summed E-state index contributed by atoms with van der Waals surface area (Å²) in [6.45, 7) is 11.7. The molecule has 2 aliphatic heterocycles. The molecule has 5 unspecified atom stereocenters. The number of methoxy groups -OCH3 is 1. The summed E-state index contributed by atoms with van der Waals surface area (Å²) in [6, 6.07) is 20.3. The van der Waals surface area contributed by atoms with Crippen LogP contribution in [-0.4, -0.2) is 139 Å². The molecule has 0 spiro atoms. The van der Waals surface area contributed by atoms with Crippen LogP contribution in [0.2, 0.25) is 0 Å². The smallest absolute Gasteiger partial charge is 0.242 e. The van der Waals surface area contributed by atoms with Crippen LogP contribution in [0.25, 0.3) is 0 Å². The quantitative estimate of drug-likeness (QED) is 0.212. The van der Waals surface area contributed by atoms with Crippen molar-refractivity contribution < 1.29 is 23.9 Å². The molecule has 4 amide bonds. The first-order valence-electron chi connectivity index (χ1n) is 20.1. The molecule has 2 aromatic rings. The fourth-order valence-corrected chi connectivity index (χ4v) is 9.18. The zero-order valence-electron chi connectivity index (χ0n) is 34.4. The van der Waals surface area contributed by atoms with E-state index < -0.39 is 6.04 Å². The van der Waals surface area contributed by atoms with E-state index in [2.05, 4.69) is 64.1 Å². The Morgan fingerprint density at radius 3 is 1.93 bits per heavy atom. The number of carbonyl (C=O) groups is 4. The molecular formula is C43H66N6O5S. The van der Waals surface area contributed by atoms with Gasteiger partial charge in [-0.15, -0.1) is 0 Å². The van der Waals surface area contributed by atoms with E-state index in [9.17, 15) is 19.2 Å². The number of thioether (sulfide) groups is 1. The van der Waals surface area contributed by atoms with Gasteiger partial charge < -0.3 is 25.2 Å². The van der Waals surface area contributed by atoms with Crippen LogP contribution in [0.5, 0.6) is 0 Å². The fraction of sp³-hybridized carbons (Fsp3) is 0.628. The number of hydrogen-bond donors (Lipinski definition) is 2. The van der Waals surface area contributed by atoms with Gasteiger partial charge in [0, 0.05) is 64.1 Å². The van der Waals surface area contributed by atoms with Crippen molar-refractivity contribution in [1.29, 1.82) is 0 Å². The van der Waals surface area contributed by atoms with Crippen LogP contribution in [0.1, 0.15) is 77.0 Å². The predicted molar refractivity (Wildman–Crippen MR) is 222 cm³/mol. The van der Waals surface area contributed by atoms with Crippen LogP contribution < -0.4 is 10.6 Å². The van der Waals surface area contributed by atoms with E-state index in [4.69, 9.17) is 4.74 Å². The molecule has 11 nitrogen and oxygen atoms in total. The summed E-state index contributed by atoms with van der Waals surface area (Å²) >= 11 is 1.67. The van der Waals surface area contributed by atoms with Crippen LogP contribution in [0.3, 0.4) is 0 Å². The number of carbonyl (C=O) groups excluding carboxylic acids is 4. The van der Waals surface area contributed by atoms with Crippen molar-refractivity contribution in [3.05, 3.63) is 71.8 Å². The van der Waals surface area contributed by atoms with Gasteiger partial charge in [-0.2, -0.15) is 11.8 Å². The molecule has 0 aliphatic carbocycles. The minimum absolute atomic E-state index is 0.00427. The van der Waals surface area contributed by atoms with Crippen molar-refractivity contribution in [2.75, 3.05) is 66.7 Å². The van der Waals surface area contributed by atoms with Crippen molar-refractivity contribution in [2.45, 2.75) is 95.3 Å². The van der Waals surface area contributed by atoms with Crippen molar-refractivity contribution in [1.82, 2.24) is 30.2 Å². The summed E-state index contributed by atoms with van der Waals surface area (Å²) in [6.07, 6.45) is 4.50. The third kappa shape index (κ3) is 12.3. The number of benzene rings is 2. The highest BCUT2D eigenvalue weighted by atomic mass is 32.2. The third-order valence-corrected chi connectivity index (χ3v) is 12.3. The Labute approximate surface area is 334 Å². The number of likely N-dealkylation sites (N-methyl/N-ethyl adjacent to an activating group) is 1. The van der Waals surface area contributed by atoms with E-state index >= 15 is 0 Å². The summed E-state index contributed by atoms with van der Waals surface area (Å²) in [4.78, 5) is 62.1. The average Bonchev–Trinajstić information content (AvgIpc) is 3.66. The van der Waals surface area contributed by atoms with Gasteiger partial charge in [0.2, 0.25) is 23.6 Å². The number of ether oxygens (including phenoxy) is 1. The molecule has 0 saturated carbocycles. The zero-order valence-corrected chi connectivity index (χ0v) is 35.2. The maximum atomic E-state index is 13.8. The molecule has 2 N–H and O–H groups in total. The van der Waals surface area contributed by atoms with Crippen molar-refractivity contribution >= 4 is 35.4 Å². The highest BCUT2D eigenvalue weighted by Crippen LogP contribution is 2.32. The molecule has 2 aromatic carbocycles. The first kappa shape index (κ1) is 44.3. The highest BCUT2D eigenvalue weighted by molar-refractivity contribution is 7.99. The number of amides is 4. The molecular weight excluding hydrogens is 713 g/mol. The maximum absolute atomic E-state index is 13.8. The van der Waals surface area contributed by atoms with Gasteiger partial charge in [0.05, 0.1) is 24.6 Å². The van der Waals surface area contributed by atoms with Crippen LogP contribution >= 0.6 is 11.8 Å². The second-order valence-corrected chi connectivity index (χ2v) is 17.0. The van der Waals surface area contributed by atoms with E-state index in [1.807, 2.05) is 74.9 Å². The summed E-state index contributed by atoms with van der Waals surface area (Å²) in [7, 11) is 5.32. The van der Waals surface area contributed by atoms with Crippen LogP contribution in [-0.2, 0) is 23.9 Å². The Balaban J connectivity index is 1.28. The summed E-state index contributed by atoms with van der Waals surface area (Å²) in [5.74, 6) is -0.252. The Morgan fingerprint density at radius 2 is 1.42 bits per heavy atom. The lowest BCUT2D eigenvalue weighted by Gasteiger charge is -2.40. The highest BCUT2D eigenvalue weighted by Gasteiger charge is 2.38. The largest absolute Gasteiger partial charge is 0.381 e. The first-order valence-corrected chi connectivity index (χ1v) is 21.4. The van der Waals surface area contributed by atoms with Crippen molar-refractivity contribution in [3.63, 3.8) is 0 Å². The van der Waals surface area contributed by atoms with Gasteiger partial charge in [0.15, 0.2) is 0 Å². The van der Waals surface area contributed by atoms with Gasteiger partial charge in [-0.25, -0.2) is 0 Å².